The van der Waals surface area contributed by atoms with Gasteiger partial charge in [0.2, 0.25) is 0 Å². The maximum atomic E-state index is 6.32. The largest absolute Gasteiger partial charge is 0.497 e. The van der Waals surface area contributed by atoms with E-state index in [-0.39, 0.29) is 0 Å². The maximum absolute atomic E-state index is 6.32. The Morgan fingerprint density at radius 2 is 1.73 bits per heavy atom. The highest BCUT2D eigenvalue weighted by Crippen LogP contribution is 2.34. The first-order valence-corrected chi connectivity index (χ1v) is 10.5. The van der Waals surface area contributed by atoms with Gasteiger partial charge in [0, 0.05) is 52.2 Å². The lowest BCUT2D eigenvalue weighted by Crippen LogP contribution is -2.14. The third kappa shape index (κ3) is 4.35. The zero-order chi connectivity index (χ0) is 21.1. The molecule has 0 saturated heterocycles. The summed E-state index contributed by atoms with van der Waals surface area (Å²) in [6.45, 7) is 1.99. The molecule has 4 aromatic rings. The Kier molecular flexibility index (Phi) is 6.07. The standard InChI is InChI=1S/C25H26ClN3O/c1-28(2)11-4-12-29-17-24(23-10-7-21(26)14-25(23)29)20-13-19(15-27-16-20)18-5-8-22(30-3)9-6-18/h5-10,13-17H,4,11-12H2,1-3H3. The Balaban J connectivity index is 1.73. The number of aryl methyl sites for hydroxylation is 1. The van der Waals surface area contributed by atoms with Gasteiger partial charge in [-0.1, -0.05) is 29.8 Å². The number of rotatable bonds is 7. The average Bonchev–Trinajstić information content (AvgIpc) is 3.11. The lowest BCUT2D eigenvalue weighted by molar-refractivity contribution is 0.388. The van der Waals surface area contributed by atoms with Crippen molar-refractivity contribution in [1.29, 1.82) is 0 Å². The number of aromatic nitrogens is 2. The molecule has 2 heterocycles. The SMILES string of the molecule is COc1ccc(-c2cncc(-c3cn(CCCN(C)C)c4cc(Cl)ccc34)c2)cc1. The number of hydrogen-bond donors (Lipinski definition) is 0. The van der Waals surface area contributed by atoms with Crippen molar-refractivity contribution in [3.05, 3.63) is 72.1 Å². The number of pyridine rings is 1. The van der Waals surface area contributed by atoms with Crippen molar-refractivity contribution < 1.29 is 4.74 Å². The van der Waals surface area contributed by atoms with E-state index in [4.69, 9.17) is 16.3 Å². The van der Waals surface area contributed by atoms with Gasteiger partial charge in [0.15, 0.2) is 0 Å². The topological polar surface area (TPSA) is 30.3 Å². The maximum Gasteiger partial charge on any atom is 0.118 e. The number of methoxy groups -OCH3 is 1. The summed E-state index contributed by atoms with van der Waals surface area (Å²) < 4.78 is 7.58. The highest BCUT2D eigenvalue weighted by atomic mass is 35.5. The van der Waals surface area contributed by atoms with Gasteiger partial charge in [-0.15, -0.1) is 0 Å². The van der Waals surface area contributed by atoms with Gasteiger partial charge >= 0.3 is 0 Å². The van der Waals surface area contributed by atoms with Gasteiger partial charge in [0.05, 0.1) is 12.6 Å². The molecule has 0 radical (unpaired) electrons. The minimum atomic E-state index is 0.756. The lowest BCUT2D eigenvalue weighted by Gasteiger charge is -2.10. The minimum Gasteiger partial charge on any atom is -0.497 e. The summed E-state index contributed by atoms with van der Waals surface area (Å²) in [5.41, 5.74) is 5.63. The van der Waals surface area contributed by atoms with E-state index in [9.17, 15) is 0 Å². The first kappa shape index (κ1) is 20.5. The Morgan fingerprint density at radius 3 is 2.47 bits per heavy atom. The van der Waals surface area contributed by atoms with Crippen LogP contribution >= 0.6 is 11.6 Å². The number of nitrogens with zero attached hydrogens (tertiary/aromatic N) is 3. The third-order valence-corrected chi connectivity index (χ3v) is 5.56. The van der Waals surface area contributed by atoms with E-state index < -0.39 is 0 Å². The highest BCUT2D eigenvalue weighted by molar-refractivity contribution is 6.31. The van der Waals surface area contributed by atoms with Crippen LogP contribution in [0.4, 0.5) is 0 Å². The second-order valence-corrected chi connectivity index (χ2v) is 8.18. The molecule has 5 heteroatoms. The van der Waals surface area contributed by atoms with E-state index in [2.05, 4.69) is 65.1 Å². The molecule has 0 aliphatic heterocycles. The van der Waals surface area contributed by atoms with Crippen LogP contribution in [0.1, 0.15) is 6.42 Å². The Labute approximate surface area is 182 Å². The molecule has 0 N–H and O–H groups in total. The highest BCUT2D eigenvalue weighted by Gasteiger charge is 2.12. The van der Waals surface area contributed by atoms with Gasteiger partial charge in [-0.25, -0.2) is 0 Å². The second-order valence-electron chi connectivity index (χ2n) is 7.75. The van der Waals surface area contributed by atoms with Crippen LogP contribution in [0.3, 0.4) is 0 Å². The van der Waals surface area contributed by atoms with E-state index in [0.717, 1.165) is 52.5 Å². The van der Waals surface area contributed by atoms with Crippen LogP contribution in [0.2, 0.25) is 5.02 Å². The fourth-order valence-electron chi connectivity index (χ4n) is 3.77. The summed E-state index contributed by atoms with van der Waals surface area (Å²) in [4.78, 5) is 6.74. The molecule has 0 atom stereocenters. The Bertz CT molecular complexity index is 1150. The lowest BCUT2D eigenvalue weighted by atomic mass is 10.0. The van der Waals surface area contributed by atoms with Crippen molar-refractivity contribution in [2.45, 2.75) is 13.0 Å². The molecule has 0 saturated carbocycles. The molecule has 0 spiro atoms. The van der Waals surface area contributed by atoms with Gasteiger partial charge in [-0.3, -0.25) is 4.98 Å². The van der Waals surface area contributed by atoms with Crippen molar-refractivity contribution in [3.63, 3.8) is 0 Å². The first-order valence-electron chi connectivity index (χ1n) is 10.1. The fourth-order valence-corrected chi connectivity index (χ4v) is 3.93. The molecule has 30 heavy (non-hydrogen) atoms. The molecular formula is C25H26ClN3O. The van der Waals surface area contributed by atoms with Crippen LogP contribution in [-0.4, -0.2) is 42.2 Å². The molecule has 0 bridgehead atoms. The first-order chi connectivity index (χ1) is 14.5. The summed E-state index contributed by atoms with van der Waals surface area (Å²) in [6.07, 6.45) is 7.14. The average molecular weight is 420 g/mol. The normalized spacial score (nSPS) is 11.4. The van der Waals surface area contributed by atoms with Crippen molar-refractivity contribution in [2.75, 3.05) is 27.7 Å². The van der Waals surface area contributed by atoms with Crippen molar-refractivity contribution in [3.8, 4) is 28.0 Å². The van der Waals surface area contributed by atoms with Gasteiger partial charge in [-0.05, 0) is 63.0 Å². The number of hydrogen-bond acceptors (Lipinski definition) is 3. The molecule has 2 aromatic heterocycles. The molecule has 4 rings (SSSR count). The number of halogens is 1. The molecule has 0 fully saturated rings. The summed E-state index contributed by atoms with van der Waals surface area (Å²) in [5, 5.41) is 1.95. The van der Waals surface area contributed by atoms with Crippen LogP contribution in [-0.2, 0) is 6.54 Å². The number of ether oxygens (including phenoxy) is 1. The third-order valence-electron chi connectivity index (χ3n) is 5.32. The van der Waals surface area contributed by atoms with Gasteiger partial charge < -0.3 is 14.2 Å². The number of fused-ring (bicyclic) bond motifs is 1. The van der Waals surface area contributed by atoms with E-state index in [1.165, 1.54) is 10.9 Å². The van der Waals surface area contributed by atoms with Crippen LogP contribution in [0.5, 0.6) is 5.75 Å². The van der Waals surface area contributed by atoms with Gasteiger partial charge in [0.1, 0.15) is 5.75 Å². The van der Waals surface area contributed by atoms with Gasteiger partial charge in [0.25, 0.3) is 0 Å². The van der Waals surface area contributed by atoms with Crippen LogP contribution < -0.4 is 4.74 Å². The van der Waals surface area contributed by atoms with Crippen molar-refractivity contribution in [2.24, 2.45) is 0 Å². The van der Waals surface area contributed by atoms with Crippen molar-refractivity contribution in [1.82, 2.24) is 14.5 Å². The van der Waals surface area contributed by atoms with Gasteiger partial charge in [-0.2, -0.15) is 0 Å². The molecule has 2 aromatic carbocycles. The zero-order valence-electron chi connectivity index (χ0n) is 17.6. The molecule has 4 nitrogen and oxygen atoms in total. The monoisotopic (exact) mass is 419 g/mol. The molecule has 0 aliphatic carbocycles. The van der Waals surface area contributed by atoms with E-state index in [1.807, 2.05) is 30.6 Å². The summed E-state index contributed by atoms with van der Waals surface area (Å²) >= 11 is 6.32. The number of benzene rings is 2. The molecule has 0 amide bonds. The quantitative estimate of drug-likeness (QED) is 0.369. The second kappa shape index (κ2) is 8.90. The predicted molar refractivity (Wildman–Crippen MR) is 125 cm³/mol. The minimum absolute atomic E-state index is 0.756. The van der Waals surface area contributed by atoms with E-state index in [1.54, 1.807) is 7.11 Å². The summed E-state index contributed by atoms with van der Waals surface area (Å²) in [6, 6.07) is 16.4. The van der Waals surface area contributed by atoms with E-state index >= 15 is 0 Å². The Hall–Kier alpha value is -2.82. The molecular weight excluding hydrogens is 394 g/mol. The molecule has 154 valence electrons. The van der Waals surface area contributed by atoms with Crippen LogP contribution in [0, 0.1) is 0 Å². The fraction of sp³-hybridized carbons (Fsp3) is 0.240. The summed E-state index contributed by atoms with van der Waals surface area (Å²) in [7, 11) is 5.89. The Morgan fingerprint density at radius 1 is 0.967 bits per heavy atom. The van der Waals surface area contributed by atoms with Crippen LogP contribution in [0.15, 0.2) is 67.1 Å². The smallest absolute Gasteiger partial charge is 0.118 e. The zero-order valence-corrected chi connectivity index (χ0v) is 18.4. The summed E-state index contributed by atoms with van der Waals surface area (Å²) in [5.74, 6) is 0.848. The van der Waals surface area contributed by atoms with E-state index in [0.29, 0.717) is 0 Å². The van der Waals surface area contributed by atoms with Crippen molar-refractivity contribution >= 4 is 22.5 Å². The molecule has 0 aliphatic rings. The predicted octanol–water partition coefficient (Wildman–Crippen LogP) is 5.98. The van der Waals surface area contributed by atoms with Crippen LogP contribution in [0.25, 0.3) is 33.2 Å². The molecule has 0 unspecified atom stereocenters.